The number of nitrogens with one attached hydrogen (secondary N) is 1. The largest absolute Gasteiger partial charge is 0.363 e. The summed E-state index contributed by atoms with van der Waals surface area (Å²) in [6.45, 7) is 4.46. The van der Waals surface area contributed by atoms with E-state index < -0.39 is 0 Å². The number of likely N-dealkylation sites (N-methyl/N-ethyl adjacent to an activating group) is 1. The number of nitrogens with zero attached hydrogens (tertiary/aromatic N) is 2. The van der Waals surface area contributed by atoms with Gasteiger partial charge in [0.05, 0.1) is 5.60 Å². The molecule has 5 nitrogen and oxygen atoms in total. The molecule has 0 radical (unpaired) electrons. The number of pyridine rings is 1. The summed E-state index contributed by atoms with van der Waals surface area (Å²) in [7, 11) is 1.80. The van der Waals surface area contributed by atoms with E-state index in [-0.39, 0.29) is 18.1 Å². The molecule has 0 unspecified atom stereocenters. The second-order valence-corrected chi connectivity index (χ2v) is 5.23. The van der Waals surface area contributed by atoms with Crippen LogP contribution in [0.2, 0.25) is 0 Å². The summed E-state index contributed by atoms with van der Waals surface area (Å²) in [5.41, 5.74) is 0.829. The molecule has 1 saturated heterocycles. The molecule has 19 heavy (non-hydrogen) atoms. The van der Waals surface area contributed by atoms with E-state index in [9.17, 15) is 4.79 Å². The molecule has 0 atom stereocenters. The second kappa shape index (κ2) is 6.12. The summed E-state index contributed by atoms with van der Waals surface area (Å²) in [6.07, 6.45) is 2.53. The zero-order valence-electron chi connectivity index (χ0n) is 11.6. The van der Waals surface area contributed by atoms with Gasteiger partial charge in [0.15, 0.2) is 0 Å². The molecule has 0 saturated carbocycles. The average Bonchev–Trinajstić information content (AvgIpc) is 2.41. The third-order valence-corrected chi connectivity index (χ3v) is 3.40. The van der Waals surface area contributed by atoms with Crippen molar-refractivity contribution in [2.24, 2.45) is 0 Å². The fraction of sp³-hybridized carbons (Fsp3) is 0.571. The SMILES string of the molecule is CN(CCc1ccccn1)C(=O)COC1(C)CNC1. The number of amides is 1. The zero-order chi connectivity index (χ0) is 13.7. The summed E-state index contributed by atoms with van der Waals surface area (Å²) < 4.78 is 5.63. The molecular formula is C14H21N3O2. The van der Waals surface area contributed by atoms with Gasteiger partial charge in [-0.1, -0.05) is 6.07 Å². The van der Waals surface area contributed by atoms with Crippen molar-refractivity contribution in [1.82, 2.24) is 15.2 Å². The summed E-state index contributed by atoms with van der Waals surface area (Å²) >= 11 is 0. The number of hydrogen-bond donors (Lipinski definition) is 1. The van der Waals surface area contributed by atoms with E-state index in [0.717, 1.165) is 25.2 Å². The first-order valence-corrected chi connectivity index (χ1v) is 6.58. The highest BCUT2D eigenvalue weighted by Gasteiger charge is 2.33. The van der Waals surface area contributed by atoms with Crippen LogP contribution in [0.1, 0.15) is 12.6 Å². The van der Waals surface area contributed by atoms with Crippen molar-refractivity contribution in [3.05, 3.63) is 30.1 Å². The first-order valence-electron chi connectivity index (χ1n) is 6.58. The number of rotatable bonds is 6. The van der Waals surface area contributed by atoms with Crippen molar-refractivity contribution in [3.63, 3.8) is 0 Å². The lowest BCUT2D eigenvalue weighted by Crippen LogP contribution is -2.59. The lowest BCUT2D eigenvalue weighted by Gasteiger charge is -2.39. The zero-order valence-corrected chi connectivity index (χ0v) is 11.6. The van der Waals surface area contributed by atoms with Gasteiger partial charge in [-0.05, 0) is 19.1 Å². The molecule has 0 spiro atoms. The van der Waals surface area contributed by atoms with E-state index in [1.165, 1.54) is 0 Å². The maximum Gasteiger partial charge on any atom is 0.248 e. The molecule has 5 heteroatoms. The first-order chi connectivity index (χ1) is 9.09. The van der Waals surface area contributed by atoms with Crippen molar-refractivity contribution >= 4 is 5.91 Å². The summed E-state index contributed by atoms with van der Waals surface area (Å²) in [5, 5.41) is 3.14. The van der Waals surface area contributed by atoms with E-state index in [1.807, 2.05) is 25.1 Å². The van der Waals surface area contributed by atoms with Crippen LogP contribution < -0.4 is 5.32 Å². The highest BCUT2D eigenvalue weighted by atomic mass is 16.5. The van der Waals surface area contributed by atoms with Crippen LogP contribution in [0.25, 0.3) is 0 Å². The number of carbonyl (C=O) groups excluding carboxylic acids is 1. The van der Waals surface area contributed by atoms with Crippen LogP contribution in [0.5, 0.6) is 0 Å². The summed E-state index contributed by atoms with van der Waals surface area (Å²) in [4.78, 5) is 17.8. The van der Waals surface area contributed by atoms with Crippen molar-refractivity contribution in [2.75, 3.05) is 33.3 Å². The fourth-order valence-electron chi connectivity index (χ4n) is 1.88. The lowest BCUT2D eigenvalue weighted by atomic mass is 10.0. The van der Waals surface area contributed by atoms with Gasteiger partial charge in [-0.2, -0.15) is 0 Å². The smallest absolute Gasteiger partial charge is 0.248 e. The van der Waals surface area contributed by atoms with Gasteiger partial charge in [-0.3, -0.25) is 9.78 Å². The van der Waals surface area contributed by atoms with E-state index in [1.54, 1.807) is 18.1 Å². The van der Waals surface area contributed by atoms with Gasteiger partial charge >= 0.3 is 0 Å². The monoisotopic (exact) mass is 263 g/mol. The van der Waals surface area contributed by atoms with Crippen LogP contribution in [-0.4, -0.2) is 54.7 Å². The van der Waals surface area contributed by atoms with Gasteiger partial charge in [-0.25, -0.2) is 0 Å². The van der Waals surface area contributed by atoms with Crippen LogP contribution in [0, 0.1) is 0 Å². The normalized spacial score (nSPS) is 16.7. The topological polar surface area (TPSA) is 54.5 Å². The molecule has 1 amide bonds. The Morgan fingerprint density at radius 2 is 2.32 bits per heavy atom. The molecule has 2 heterocycles. The average molecular weight is 263 g/mol. The predicted molar refractivity (Wildman–Crippen MR) is 72.8 cm³/mol. The van der Waals surface area contributed by atoms with Crippen LogP contribution >= 0.6 is 0 Å². The van der Waals surface area contributed by atoms with Gasteiger partial charge < -0.3 is 15.0 Å². The second-order valence-electron chi connectivity index (χ2n) is 5.23. The highest BCUT2D eigenvalue weighted by Crippen LogP contribution is 2.14. The fourth-order valence-corrected chi connectivity index (χ4v) is 1.88. The summed E-state index contributed by atoms with van der Waals surface area (Å²) in [6, 6.07) is 5.81. The van der Waals surface area contributed by atoms with Crippen LogP contribution in [-0.2, 0) is 16.0 Å². The van der Waals surface area contributed by atoms with Gasteiger partial charge in [-0.15, -0.1) is 0 Å². The molecule has 0 bridgehead atoms. The van der Waals surface area contributed by atoms with Crippen molar-refractivity contribution in [1.29, 1.82) is 0 Å². The van der Waals surface area contributed by atoms with E-state index in [4.69, 9.17) is 4.74 Å². The quantitative estimate of drug-likeness (QED) is 0.810. The Kier molecular flexibility index (Phi) is 4.50. The standard InChI is InChI=1S/C14H21N3O2/c1-14(10-15-11-14)19-9-13(18)17(2)8-6-12-5-3-4-7-16-12/h3-5,7,15H,6,8-11H2,1-2H3. The predicted octanol–water partition coefficient (Wildman–Crippen LogP) is 0.461. The Hall–Kier alpha value is -1.46. The Morgan fingerprint density at radius 3 is 2.89 bits per heavy atom. The van der Waals surface area contributed by atoms with E-state index in [0.29, 0.717) is 6.54 Å². The van der Waals surface area contributed by atoms with Crippen molar-refractivity contribution in [3.8, 4) is 0 Å². The number of aromatic nitrogens is 1. The molecule has 1 aliphatic rings. The van der Waals surface area contributed by atoms with Crippen LogP contribution in [0.15, 0.2) is 24.4 Å². The Labute approximate surface area is 114 Å². The summed E-state index contributed by atoms with van der Waals surface area (Å²) in [5.74, 6) is 0.0176. The van der Waals surface area contributed by atoms with Crippen molar-refractivity contribution < 1.29 is 9.53 Å². The minimum absolute atomic E-state index is 0.0176. The third kappa shape index (κ3) is 4.01. The van der Waals surface area contributed by atoms with Gasteiger partial charge in [0, 0.05) is 45.0 Å². The van der Waals surface area contributed by atoms with Gasteiger partial charge in [0.25, 0.3) is 0 Å². The van der Waals surface area contributed by atoms with Crippen LogP contribution in [0.3, 0.4) is 0 Å². The first kappa shape index (κ1) is 14.0. The van der Waals surface area contributed by atoms with E-state index in [2.05, 4.69) is 10.3 Å². The molecular weight excluding hydrogens is 242 g/mol. The minimum atomic E-state index is -0.169. The molecule has 104 valence electrons. The molecule has 1 aliphatic heterocycles. The molecule has 0 aromatic carbocycles. The molecule has 1 fully saturated rings. The molecule has 1 N–H and O–H groups in total. The number of ether oxygens (including phenoxy) is 1. The Morgan fingerprint density at radius 1 is 1.53 bits per heavy atom. The Bertz CT molecular complexity index is 418. The van der Waals surface area contributed by atoms with Crippen LogP contribution in [0.4, 0.5) is 0 Å². The molecule has 1 aromatic heterocycles. The molecule has 2 rings (SSSR count). The molecule has 1 aromatic rings. The molecule has 0 aliphatic carbocycles. The highest BCUT2D eigenvalue weighted by molar-refractivity contribution is 5.77. The maximum atomic E-state index is 11.9. The number of carbonyl (C=O) groups is 1. The lowest BCUT2D eigenvalue weighted by molar-refractivity contribution is -0.144. The van der Waals surface area contributed by atoms with Gasteiger partial charge in [0.1, 0.15) is 6.61 Å². The third-order valence-electron chi connectivity index (χ3n) is 3.40. The maximum absolute atomic E-state index is 11.9. The van der Waals surface area contributed by atoms with E-state index >= 15 is 0 Å². The minimum Gasteiger partial charge on any atom is -0.363 e. The van der Waals surface area contributed by atoms with Gasteiger partial charge in [0.2, 0.25) is 5.91 Å². The Balaban J connectivity index is 1.70. The van der Waals surface area contributed by atoms with Crippen molar-refractivity contribution in [2.45, 2.75) is 18.9 Å². The number of hydrogen-bond acceptors (Lipinski definition) is 4.